The Morgan fingerprint density at radius 2 is 0.916 bits per heavy atom. The molecule has 4 aromatic rings. The number of hydrogen-bond acceptors (Lipinski definition) is 25. The van der Waals surface area contributed by atoms with E-state index in [9.17, 15) is 52.7 Å². The van der Waals surface area contributed by atoms with Gasteiger partial charge in [-0.3, -0.25) is 43.2 Å². The first-order valence-corrected chi connectivity index (χ1v) is 25.9. The number of carbonyl (C=O) groups excluding carboxylic acids is 11. The van der Waals surface area contributed by atoms with Crippen LogP contribution in [0.15, 0.2) is 48.5 Å². The second-order valence-electron chi connectivity index (χ2n) is 18.2. The summed E-state index contributed by atoms with van der Waals surface area (Å²) in [7, 11) is 0. The van der Waals surface area contributed by atoms with Crippen molar-refractivity contribution in [2.45, 2.75) is 66.4 Å². The Labute approximate surface area is 491 Å². The van der Waals surface area contributed by atoms with Gasteiger partial charge >= 0.3 is 65.7 Å². The van der Waals surface area contributed by atoms with Crippen molar-refractivity contribution in [2.24, 2.45) is 0 Å². The summed E-state index contributed by atoms with van der Waals surface area (Å²) in [4.78, 5) is 141. The molecule has 0 N–H and O–H groups in total. The smallest absolute Gasteiger partial charge is 0.340 e. The van der Waals surface area contributed by atoms with Gasteiger partial charge in [-0.2, -0.15) is 0 Å². The van der Waals surface area contributed by atoms with E-state index in [1.165, 1.54) is 47.4 Å². The molecule has 1 aliphatic heterocycles. The lowest BCUT2D eigenvalue weighted by Gasteiger charge is -2.45. The predicted molar refractivity (Wildman–Crippen MR) is 286 cm³/mol. The fourth-order valence-electron chi connectivity index (χ4n) is 8.85. The summed E-state index contributed by atoms with van der Waals surface area (Å²) in [6, 6.07) is 11.2. The van der Waals surface area contributed by atoms with Crippen LogP contribution in [-0.2, 0) is 96.9 Å². The Hall–Kier alpha value is -8.39. The molecule has 1 aliphatic carbocycles. The van der Waals surface area contributed by atoms with E-state index < -0.39 is 136 Å². The van der Waals surface area contributed by atoms with E-state index in [1.807, 2.05) is 0 Å². The second-order valence-corrected chi connectivity index (χ2v) is 19.8. The highest BCUT2D eigenvalue weighted by Gasteiger charge is 2.58. The zero-order valence-corrected chi connectivity index (χ0v) is 48.3. The Bertz CT molecular complexity index is 3210. The van der Waals surface area contributed by atoms with E-state index in [-0.39, 0.29) is 87.8 Å². The van der Waals surface area contributed by atoms with E-state index in [0.717, 1.165) is 46.4 Å². The number of nitrogens with zero attached hydrogens (tertiary/aromatic N) is 2. The highest BCUT2D eigenvalue weighted by Crippen LogP contribution is 2.63. The van der Waals surface area contributed by atoms with E-state index >= 15 is 0 Å². The minimum Gasteiger partial charge on any atom is -0.488 e. The number of hydrogen-bond donors (Lipinski definition) is 0. The second kappa shape index (κ2) is 27.1. The molecule has 29 heteroatoms. The summed E-state index contributed by atoms with van der Waals surface area (Å²) in [6.07, 6.45) is 0. The van der Waals surface area contributed by atoms with Gasteiger partial charge in [0.25, 0.3) is 0 Å². The zero-order chi connectivity index (χ0) is 61.2. The fraction of sp³-hybridized carbons (Fsp3) is 0.352. The van der Waals surface area contributed by atoms with Gasteiger partial charge in [0, 0.05) is 63.6 Å². The van der Waals surface area contributed by atoms with E-state index in [1.54, 1.807) is 19.9 Å². The largest absolute Gasteiger partial charge is 0.488 e. The average Bonchev–Trinajstić information content (AvgIpc) is 1.75. The van der Waals surface area contributed by atoms with Crippen LogP contribution in [0.1, 0.15) is 93.6 Å². The standard InChI is InChI=1S/C54H50Cl4N2O23/c1-26(61)74-23-77-42(67)19-59(20-43(68)78-24-75-27(2)62)38-11-9-10-12-40(38)72-13-14-73-41-18-33-32(15-39(41)60(22-45(70)80-29(4)64)21-44(69)79-25-76-28(3)63)52(71)83-54(33)34-16-36(55)50(81-30(5)65)48(57)46(34)53(7,8)47-35(54)17-37(56)51(49(47)58)82-31(6)66/h9-12,15-18H,13-14,19-25H2,1-8H3. The van der Waals surface area contributed by atoms with Gasteiger partial charge in [0.1, 0.15) is 50.9 Å². The maximum absolute atomic E-state index is 14.8. The lowest BCUT2D eigenvalue weighted by atomic mass is 9.61. The topological polar surface area (TPSA) is 305 Å². The SMILES string of the molecule is CC(=O)OCOC(=O)CN(CC(=O)OCOC(C)=O)c1ccccc1OCCOc1cc2c(cc1N(CC(=O)OCOC(C)=O)CC(=O)OC(C)=O)C(=O)OC21c2cc(Cl)c(OC(C)=O)c(Cl)c2C(C)(C)c2c1cc(Cl)c(OC(C)=O)c2Cl. The van der Waals surface area contributed by atoms with Crippen molar-refractivity contribution < 1.29 is 110 Å². The highest BCUT2D eigenvalue weighted by molar-refractivity contribution is 6.39. The Kier molecular flexibility index (Phi) is 20.8. The summed E-state index contributed by atoms with van der Waals surface area (Å²) in [5.41, 5.74) is -3.61. The number of rotatable bonds is 23. The molecule has 1 spiro atoms. The van der Waals surface area contributed by atoms with Crippen molar-refractivity contribution in [3.63, 3.8) is 0 Å². The van der Waals surface area contributed by atoms with Crippen LogP contribution in [-0.4, -0.2) is 125 Å². The number of ether oxygens (including phenoxy) is 12. The molecule has 442 valence electrons. The molecule has 0 atom stereocenters. The number of halogens is 4. The fourth-order valence-corrected chi connectivity index (χ4v) is 10.4. The molecule has 0 saturated carbocycles. The molecule has 1 heterocycles. The van der Waals surface area contributed by atoms with Gasteiger partial charge in [-0.05, 0) is 47.5 Å². The highest BCUT2D eigenvalue weighted by atomic mass is 35.5. The maximum atomic E-state index is 14.8. The number of esters is 11. The average molecular weight is 1240 g/mol. The lowest BCUT2D eigenvalue weighted by molar-refractivity contribution is -0.167. The van der Waals surface area contributed by atoms with Crippen molar-refractivity contribution in [1.82, 2.24) is 0 Å². The summed E-state index contributed by atoms with van der Waals surface area (Å²) < 4.78 is 64.2. The third kappa shape index (κ3) is 15.0. The quantitative estimate of drug-likeness (QED) is 0.0188. The van der Waals surface area contributed by atoms with Gasteiger partial charge in [0.05, 0.1) is 37.0 Å². The van der Waals surface area contributed by atoms with Gasteiger partial charge < -0.3 is 66.6 Å². The molecule has 2 aliphatic rings. The molecule has 25 nitrogen and oxygen atoms in total. The number of fused-ring (bicyclic) bond motifs is 6. The van der Waals surface area contributed by atoms with Gasteiger partial charge in [0.15, 0.2) is 17.1 Å². The van der Waals surface area contributed by atoms with Crippen molar-refractivity contribution in [1.29, 1.82) is 0 Å². The summed E-state index contributed by atoms with van der Waals surface area (Å²) in [5.74, 6) is -11.0. The number of para-hydroxylation sites is 2. The minimum absolute atomic E-state index is 0.0229. The first-order valence-electron chi connectivity index (χ1n) is 24.3. The first-order chi connectivity index (χ1) is 39.1. The Morgan fingerprint density at radius 1 is 0.494 bits per heavy atom. The van der Waals surface area contributed by atoms with Gasteiger partial charge in [-0.1, -0.05) is 72.4 Å². The van der Waals surface area contributed by atoms with Crippen molar-refractivity contribution >= 4 is 123 Å². The normalized spacial score (nSPS) is 12.8. The van der Waals surface area contributed by atoms with Crippen LogP contribution in [0.5, 0.6) is 23.0 Å². The number of carbonyl (C=O) groups is 11. The molecule has 4 aromatic carbocycles. The van der Waals surface area contributed by atoms with Gasteiger partial charge in [-0.25, -0.2) is 9.59 Å². The number of benzene rings is 4. The maximum Gasteiger partial charge on any atom is 0.340 e. The van der Waals surface area contributed by atoms with Crippen molar-refractivity contribution in [3.8, 4) is 23.0 Å². The summed E-state index contributed by atoms with van der Waals surface area (Å²) in [5, 5.41) is -0.923. The minimum atomic E-state index is -2.20. The molecule has 0 bridgehead atoms. The summed E-state index contributed by atoms with van der Waals surface area (Å²) in [6.45, 7) is 3.44. The molecule has 0 amide bonds. The zero-order valence-electron chi connectivity index (χ0n) is 45.3. The third-order valence-corrected chi connectivity index (χ3v) is 13.2. The molecule has 0 aromatic heterocycles. The van der Waals surface area contributed by atoms with Crippen LogP contribution in [0, 0.1) is 0 Å². The van der Waals surface area contributed by atoms with Crippen molar-refractivity contribution in [3.05, 3.63) is 102 Å². The van der Waals surface area contributed by atoms with E-state index in [0.29, 0.717) is 0 Å². The molecular weight excluding hydrogens is 1190 g/mol. The molecule has 83 heavy (non-hydrogen) atoms. The predicted octanol–water partition coefficient (Wildman–Crippen LogP) is 6.60. The molecule has 6 rings (SSSR count). The Balaban J connectivity index is 1.54. The molecule has 0 fully saturated rings. The van der Waals surface area contributed by atoms with Crippen LogP contribution in [0.3, 0.4) is 0 Å². The molecule has 0 radical (unpaired) electrons. The molecular formula is C54H50Cl4N2O23. The van der Waals surface area contributed by atoms with E-state index in [2.05, 4.69) is 0 Å². The lowest BCUT2D eigenvalue weighted by Crippen LogP contribution is -2.42. The van der Waals surface area contributed by atoms with Crippen LogP contribution in [0.4, 0.5) is 11.4 Å². The third-order valence-electron chi connectivity index (χ3n) is 11.9. The van der Waals surface area contributed by atoms with Crippen LogP contribution in [0.25, 0.3) is 0 Å². The monoisotopic (exact) mass is 1230 g/mol. The number of anilines is 2. The molecule has 0 unspecified atom stereocenters. The molecule has 0 saturated heterocycles. The van der Waals surface area contributed by atoms with E-state index in [4.69, 9.17) is 103 Å². The summed E-state index contributed by atoms with van der Waals surface area (Å²) >= 11 is 28.2. The van der Waals surface area contributed by atoms with Crippen LogP contribution >= 0.6 is 46.4 Å². The van der Waals surface area contributed by atoms with Gasteiger partial charge in [0.2, 0.25) is 20.4 Å². The van der Waals surface area contributed by atoms with Crippen LogP contribution < -0.4 is 28.7 Å². The Morgan fingerprint density at radius 3 is 1.35 bits per heavy atom. The first kappa shape index (κ1) is 63.8. The van der Waals surface area contributed by atoms with Crippen molar-refractivity contribution in [2.75, 3.05) is 69.6 Å². The van der Waals surface area contributed by atoms with Gasteiger partial charge in [-0.15, -0.1) is 0 Å². The van der Waals surface area contributed by atoms with Crippen LogP contribution in [0.2, 0.25) is 20.1 Å².